The normalized spacial score (nSPS) is 18.2. The maximum atomic E-state index is 14.2. The minimum atomic E-state index is -5.05. The molecule has 152 valence electrons. The van der Waals surface area contributed by atoms with Crippen LogP contribution in [0.15, 0.2) is 30.5 Å². The zero-order valence-electron chi connectivity index (χ0n) is 14.9. The topological polar surface area (TPSA) is 58.4 Å². The van der Waals surface area contributed by atoms with E-state index in [0.717, 1.165) is 4.90 Å². The second-order valence-electron chi connectivity index (χ2n) is 6.90. The molecule has 1 atom stereocenters. The highest BCUT2D eigenvalue weighted by Crippen LogP contribution is 2.35. The number of carbonyl (C=O) groups is 1. The molecule has 1 aromatic carbocycles. The Morgan fingerprint density at radius 1 is 1.25 bits per heavy atom. The SMILES string of the molecule is C[C@@](O)(C(=O)N1CCC(c2ccnn2-c2ccc(Cl)cc2F)CC1)C(F)(F)F. The van der Waals surface area contributed by atoms with Crippen LogP contribution in [0, 0.1) is 5.82 Å². The van der Waals surface area contributed by atoms with Crippen LogP contribution in [0.3, 0.4) is 0 Å². The first kappa shape index (κ1) is 20.6. The van der Waals surface area contributed by atoms with Crippen molar-refractivity contribution in [2.45, 2.75) is 37.5 Å². The monoisotopic (exact) mass is 419 g/mol. The summed E-state index contributed by atoms with van der Waals surface area (Å²) < 4.78 is 54.3. The van der Waals surface area contributed by atoms with Crippen LogP contribution in [0.1, 0.15) is 31.4 Å². The van der Waals surface area contributed by atoms with E-state index in [0.29, 0.717) is 25.5 Å². The Morgan fingerprint density at radius 3 is 2.46 bits per heavy atom. The van der Waals surface area contributed by atoms with Gasteiger partial charge in [-0.2, -0.15) is 18.3 Å². The second kappa shape index (κ2) is 7.36. The van der Waals surface area contributed by atoms with E-state index >= 15 is 0 Å². The lowest BCUT2D eigenvalue weighted by atomic mass is 9.92. The van der Waals surface area contributed by atoms with Crippen molar-refractivity contribution in [3.05, 3.63) is 47.0 Å². The lowest BCUT2D eigenvalue weighted by molar-refractivity contribution is -0.250. The fraction of sp³-hybridized carbons (Fsp3) is 0.444. The van der Waals surface area contributed by atoms with Gasteiger partial charge >= 0.3 is 6.18 Å². The molecule has 0 saturated carbocycles. The summed E-state index contributed by atoms with van der Waals surface area (Å²) in [6.45, 7) is 0.549. The number of rotatable bonds is 3. The molecule has 5 nitrogen and oxygen atoms in total. The summed E-state index contributed by atoms with van der Waals surface area (Å²) in [6, 6.07) is 5.91. The van der Waals surface area contributed by atoms with Gasteiger partial charge in [-0.1, -0.05) is 11.6 Å². The minimum Gasteiger partial charge on any atom is -0.373 e. The van der Waals surface area contributed by atoms with Crippen molar-refractivity contribution in [3.8, 4) is 5.69 Å². The molecule has 1 fully saturated rings. The highest BCUT2D eigenvalue weighted by Gasteiger charge is 2.57. The van der Waals surface area contributed by atoms with Crippen LogP contribution in [0.25, 0.3) is 5.69 Å². The number of aromatic nitrogens is 2. The molecule has 1 amide bonds. The van der Waals surface area contributed by atoms with Crippen molar-refractivity contribution in [2.24, 2.45) is 0 Å². The molecule has 28 heavy (non-hydrogen) atoms. The Balaban J connectivity index is 1.75. The smallest absolute Gasteiger partial charge is 0.373 e. The zero-order chi connectivity index (χ0) is 20.7. The third kappa shape index (κ3) is 3.73. The molecule has 0 spiro atoms. The summed E-state index contributed by atoms with van der Waals surface area (Å²) in [5.74, 6) is -2.04. The average Bonchev–Trinajstić information content (AvgIpc) is 3.09. The maximum absolute atomic E-state index is 14.2. The number of benzene rings is 1. The summed E-state index contributed by atoms with van der Waals surface area (Å²) in [5.41, 5.74) is -2.52. The number of alkyl halides is 3. The van der Waals surface area contributed by atoms with E-state index in [4.69, 9.17) is 11.6 Å². The third-order valence-electron chi connectivity index (χ3n) is 4.98. The van der Waals surface area contributed by atoms with Crippen LogP contribution in [0.5, 0.6) is 0 Å². The Labute approximate surface area is 163 Å². The largest absolute Gasteiger partial charge is 0.426 e. The molecule has 0 aliphatic carbocycles. The van der Waals surface area contributed by atoms with E-state index in [9.17, 15) is 27.5 Å². The minimum absolute atomic E-state index is 0.0456. The molecule has 1 aliphatic heterocycles. The molecule has 1 aromatic heterocycles. The van der Waals surface area contributed by atoms with Crippen molar-refractivity contribution in [2.75, 3.05) is 13.1 Å². The number of amides is 1. The lowest BCUT2D eigenvalue weighted by Gasteiger charge is -2.36. The van der Waals surface area contributed by atoms with Gasteiger partial charge in [0.2, 0.25) is 5.60 Å². The second-order valence-corrected chi connectivity index (χ2v) is 7.34. The van der Waals surface area contributed by atoms with Crippen LogP contribution in [-0.2, 0) is 4.79 Å². The van der Waals surface area contributed by atoms with Gasteiger partial charge in [0, 0.05) is 35.9 Å². The van der Waals surface area contributed by atoms with E-state index in [2.05, 4.69) is 5.10 Å². The summed E-state index contributed by atoms with van der Waals surface area (Å²) in [4.78, 5) is 13.1. The van der Waals surface area contributed by atoms with Gasteiger partial charge in [-0.15, -0.1) is 0 Å². The number of aliphatic hydroxyl groups is 1. The standard InChI is InChI=1S/C18H18ClF4N3O2/c1-17(28,18(21,22)23)16(27)25-8-5-11(6-9-25)14-4-7-24-26(14)15-3-2-12(19)10-13(15)20/h2-4,7,10-11,28H,5-6,8-9H2,1H3/t17-/m1/s1. The molecular weight excluding hydrogens is 402 g/mol. The molecule has 0 unspecified atom stereocenters. The molecule has 1 N–H and O–H groups in total. The van der Waals surface area contributed by atoms with Crippen LogP contribution in [0.2, 0.25) is 5.02 Å². The number of halogens is 5. The zero-order valence-corrected chi connectivity index (χ0v) is 15.6. The van der Waals surface area contributed by atoms with Gasteiger partial charge in [0.15, 0.2) is 0 Å². The van der Waals surface area contributed by atoms with Crippen molar-refractivity contribution in [3.63, 3.8) is 0 Å². The molecule has 10 heteroatoms. The van der Waals surface area contributed by atoms with Crippen LogP contribution >= 0.6 is 11.6 Å². The van der Waals surface area contributed by atoms with Crippen LogP contribution in [0.4, 0.5) is 17.6 Å². The molecule has 0 bridgehead atoms. The van der Waals surface area contributed by atoms with Crippen molar-refractivity contribution in [1.29, 1.82) is 0 Å². The number of likely N-dealkylation sites (tertiary alicyclic amines) is 1. The van der Waals surface area contributed by atoms with E-state index in [-0.39, 0.29) is 29.7 Å². The summed E-state index contributed by atoms with van der Waals surface area (Å²) >= 11 is 5.77. The first-order valence-corrected chi connectivity index (χ1v) is 8.98. The van der Waals surface area contributed by atoms with Gasteiger partial charge in [0.1, 0.15) is 11.5 Å². The predicted octanol–water partition coefficient (Wildman–Crippen LogP) is 3.68. The number of carbonyl (C=O) groups excluding carboxylic acids is 1. The molecular formula is C18H18ClF4N3O2. The van der Waals surface area contributed by atoms with Gasteiger partial charge in [-0.05, 0) is 44.0 Å². The Morgan fingerprint density at radius 2 is 1.89 bits per heavy atom. The fourth-order valence-electron chi connectivity index (χ4n) is 3.28. The highest BCUT2D eigenvalue weighted by molar-refractivity contribution is 6.30. The van der Waals surface area contributed by atoms with Crippen LogP contribution < -0.4 is 0 Å². The van der Waals surface area contributed by atoms with Crippen molar-refractivity contribution < 1.29 is 27.5 Å². The Bertz CT molecular complexity index is 874. The highest BCUT2D eigenvalue weighted by atomic mass is 35.5. The summed E-state index contributed by atoms with van der Waals surface area (Å²) in [5, 5.41) is 14.0. The quantitative estimate of drug-likeness (QED) is 0.772. The number of hydrogen-bond acceptors (Lipinski definition) is 3. The van der Waals surface area contributed by atoms with E-state index in [1.165, 1.54) is 29.1 Å². The van der Waals surface area contributed by atoms with Gasteiger partial charge in [0.05, 0.1) is 0 Å². The number of piperidine rings is 1. The Kier molecular flexibility index (Phi) is 5.42. The number of nitrogens with zero attached hydrogens (tertiary/aromatic N) is 3. The molecule has 1 aliphatic rings. The number of hydrogen-bond donors (Lipinski definition) is 1. The first-order chi connectivity index (χ1) is 13.0. The average molecular weight is 420 g/mol. The molecule has 3 rings (SSSR count). The summed E-state index contributed by atoms with van der Waals surface area (Å²) in [7, 11) is 0. The third-order valence-corrected chi connectivity index (χ3v) is 5.21. The van der Waals surface area contributed by atoms with Crippen LogP contribution in [-0.4, -0.2) is 50.6 Å². The molecule has 2 aromatic rings. The van der Waals surface area contributed by atoms with Gasteiger partial charge in [-0.25, -0.2) is 9.07 Å². The predicted molar refractivity (Wildman–Crippen MR) is 93.8 cm³/mol. The van der Waals surface area contributed by atoms with Crippen molar-refractivity contribution >= 4 is 17.5 Å². The van der Waals surface area contributed by atoms with E-state index < -0.39 is 23.5 Å². The van der Waals surface area contributed by atoms with Gasteiger partial charge in [0.25, 0.3) is 5.91 Å². The molecule has 2 heterocycles. The van der Waals surface area contributed by atoms with Crippen molar-refractivity contribution in [1.82, 2.24) is 14.7 Å². The summed E-state index contributed by atoms with van der Waals surface area (Å²) in [6.07, 6.45) is -2.82. The molecule has 1 saturated heterocycles. The maximum Gasteiger partial charge on any atom is 0.426 e. The molecule has 0 radical (unpaired) electrons. The fourth-order valence-corrected chi connectivity index (χ4v) is 3.44. The van der Waals surface area contributed by atoms with E-state index in [1.54, 1.807) is 6.07 Å². The van der Waals surface area contributed by atoms with Gasteiger partial charge in [-0.3, -0.25) is 4.79 Å². The Hall–Kier alpha value is -2.13. The lowest BCUT2D eigenvalue weighted by Crippen LogP contribution is -2.57. The first-order valence-electron chi connectivity index (χ1n) is 8.60. The van der Waals surface area contributed by atoms with E-state index in [1.807, 2.05) is 0 Å². The van der Waals surface area contributed by atoms with Gasteiger partial charge < -0.3 is 10.0 Å².